The van der Waals surface area contributed by atoms with E-state index in [0.717, 1.165) is 12.0 Å². The summed E-state index contributed by atoms with van der Waals surface area (Å²) in [6, 6.07) is 5.56. The summed E-state index contributed by atoms with van der Waals surface area (Å²) in [5.74, 6) is 0.727. The van der Waals surface area contributed by atoms with Gasteiger partial charge in [0.25, 0.3) is 0 Å². The summed E-state index contributed by atoms with van der Waals surface area (Å²) < 4.78 is 18.1. The standard InChI is InChI=1S/C20H30N2O5S/c1-7-25-17(23)11-12-21(14(2)3)22(28-6)19(24)26-16-10-8-9-15-13-20(4,5)27-18(15)16/h8-10,14H,7,11-13H2,1-6H3. The zero-order valence-corrected chi connectivity index (χ0v) is 18.3. The number of hydrogen-bond donors (Lipinski definition) is 0. The fourth-order valence-corrected chi connectivity index (χ4v) is 3.75. The van der Waals surface area contributed by atoms with Gasteiger partial charge in [0, 0.05) is 30.8 Å². The summed E-state index contributed by atoms with van der Waals surface area (Å²) in [7, 11) is 0. The molecular weight excluding hydrogens is 380 g/mol. The van der Waals surface area contributed by atoms with Gasteiger partial charge in [0.05, 0.1) is 13.0 Å². The van der Waals surface area contributed by atoms with Crippen molar-refractivity contribution in [3.05, 3.63) is 23.8 Å². The molecule has 0 saturated carbocycles. The maximum Gasteiger partial charge on any atom is 0.440 e. The predicted molar refractivity (Wildman–Crippen MR) is 109 cm³/mol. The Morgan fingerprint density at radius 1 is 1.32 bits per heavy atom. The third-order valence-corrected chi connectivity index (χ3v) is 4.97. The topological polar surface area (TPSA) is 68.3 Å². The lowest BCUT2D eigenvalue weighted by atomic mass is 10.0. The van der Waals surface area contributed by atoms with Crippen LogP contribution in [0.5, 0.6) is 11.5 Å². The monoisotopic (exact) mass is 410 g/mol. The van der Waals surface area contributed by atoms with Gasteiger partial charge in [-0.25, -0.2) is 9.80 Å². The number of hydrogen-bond acceptors (Lipinski definition) is 7. The molecule has 1 heterocycles. The van der Waals surface area contributed by atoms with Gasteiger partial charge in [-0.15, -0.1) is 0 Å². The quantitative estimate of drug-likeness (QED) is 0.364. The van der Waals surface area contributed by atoms with Gasteiger partial charge in [0.1, 0.15) is 5.60 Å². The molecule has 0 atom stereocenters. The smallest absolute Gasteiger partial charge is 0.440 e. The molecule has 0 radical (unpaired) electrons. The minimum atomic E-state index is -0.535. The molecule has 0 aliphatic carbocycles. The second kappa shape index (κ2) is 9.52. The maximum absolute atomic E-state index is 12.9. The van der Waals surface area contributed by atoms with Crippen molar-refractivity contribution < 1.29 is 23.8 Å². The number of ether oxygens (including phenoxy) is 3. The normalized spacial score (nSPS) is 14.6. The van der Waals surface area contributed by atoms with E-state index < -0.39 is 6.09 Å². The maximum atomic E-state index is 12.9. The molecule has 0 N–H and O–H groups in total. The molecule has 0 spiro atoms. The van der Waals surface area contributed by atoms with Gasteiger partial charge < -0.3 is 14.2 Å². The number of amides is 1. The number of benzene rings is 1. The second-order valence-corrected chi connectivity index (χ2v) is 8.13. The van der Waals surface area contributed by atoms with Crippen molar-refractivity contribution in [2.24, 2.45) is 0 Å². The van der Waals surface area contributed by atoms with Crippen LogP contribution in [0.15, 0.2) is 18.2 Å². The summed E-state index contributed by atoms with van der Waals surface area (Å²) in [6.45, 7) is 10.4. The molecule has 1 aliphatic rings. The zero-order valence-electron chi connectivity index (χ0n) is 17.5. The van der Waals surface area contributed by atoms with Gasteiger partial charge in [0.15, 0.2) is 11.5 Å². The SMILES string of the molecule is CCOC(=O)CCN(C(C)C)N(SC)C(=O)Oc1cccc2c1OC(C)(C)C2. The molecule has 156 valence electrons. The Bertz CT molecular complexity index is 708. The average molecular weight is 411 g/mol. The van der Waals surface area contributed by atoms with Gasteiger partial charge in [0.2, 0.25) is 0 Å². The first-order chi connectivity index (χ1) is 13.2. The minimum absolute atomic E-state index is 0.00824. The second-order valence-electron chi connectivity index (χ2n) is 7.42. The van der Waals surface area contributed by atoms with Crippen LogP contribution in [0.3, 0.4) is 0 Å². The molecule has 0 fully saturated rings. The number of nitrogens with zero attached hydrogens (tertiary/aromatic N) is 2. The van der Waals surface area contributed by atoms with E-state index >= 15 is 0 Å². The lowest BCUT2D eigenvalue weighted by Crippen LogP contribution is -2.48. The molecule has 0 bridgehead atoms. The van der Waals surface area contributed by atoms with Crippen LogP contribution >= 0.6 is 11.9 Å². The molecule has 2 rings (SSSR count). The van der Waals surface area contributed by atoms with Crippen molar-refractivity contribution in [1.29, 1.82) is 0 Å². The molecule has 0 aromatic heterocycles. The molecule has 1 amide bonds. The summed E-state index contributed by atoms with van der Waals surface area (Å²) in [6.07, 6.45) is 2.20. The first-order valence-corrected chi connectivity index (χ1v) is 10.7. The molecule has 1 aromatic carbocycles. The summed E-state index contributed by atoms with van der Waals surface area (Å²) in [5.41, 5.74) is 0.696. The van der Waals surface area contributed by atoms with E-state index in [1.807, 2.05) is 39.8 Å². The minimum Gasteiger partial charge on any atom is -0.483 e. The third-order valence-electron chi connectivity index (χ3n) is 4.26. The molecule has 8 heteroatoms. The summed E-state index contributed by atoms with van der Waals surface area (Å²) in [4.78, 5) is 24.6. The molecule has 28 heavy (non-hydrogen) atoms. The largest absolute Gasteiger partial charge is 0.483 e. The third kappa shape index (κ3) is 5.54. The van der Waals surface area contributed by atoms with Crippen LogP contribution < -0.4 is 9.47 Å². The number of carbonyl (C=O) groups excluding carboxylic acids is 2. The number of esters is 1. The van der Waals surface area contributed by atoms with Crippen LogP contribution in [0.2, 0.25) is 0 Å². The van der Waals surface area contributed by atoms with Crippen molar-refractivity contribution >= 4 is 24.0 Å². The van der Waals surface area contributed by atoms with Crippen molar-refractivity contribution in [1.82, 2.24) is 9.42 Å². The number of hydrazine groups is 1. The average Bonchev–Trinajstić information content (AvgIpc) is 2.93. The van der Waals surface area contributed by atoms with E-state index in [1.165, 1.54) is 16.4 Å². The Kier molecular flexibility index (Phi) is 7.60. The van der Waals surface area contributed by atoms with Crippen LogP contribution in [0.25, 0.3) is 0 Å². The molecule has 0 saturated heterocycles. The van der Waals surface area contributed by atoms with Gasteiger partial charge in [-0.05, 0) is 52.6 Å². The molecule has 0 unspecified atom stereocenters. The van der Waals surface area contributed by atoms with Crippen LogP contribution in [0.1, 0.15) is 46.6 Å². The lowest BCUT2D eigenvalue weighted by molar-refractivity contribution is -0.144. The van der Waals surface area contributed by atoms with E-state index in [-0.39, 0.29) is 24.0 Å². The fourth-order valence-electron chi connectivity index (χ4n) is 3.08. The first kappa shape index (κ1) is 22.4. The van der Waals surface area contributed by atoms with Crippen molar-refractivity contribution in [2.75, 3.05) is 19.4 Å². The van der Waals surface area contributed by atoms with Crippen LogP contribution in [-0.2, 0) is 16.0 Å². The number of carbonyl (C=O) groups is 2. The van der Waals surface area contributed by atoms with E-state index in [0.29, 0.717) is 24.7 Å². The first-order valence-electron chi connectivity index (χ1n) is 9.47. The van der Waals surface area contributed by atoms with Crippen molar-refractivity contribution in [3.63, 3.8) is 0 Å². The number of fused-ring (bicyclic) bond motifs is 1. The highest BCUT2D eigenvalue weighted by Crippen LogP contribution is 2.42. The Labute approximate surface area is 171 Å². The fraction of sp³-hybridized carbons (Fsp3) is 0.600. The van der Waals surface area contributed by atoms with Crippen molar-refractivity contribution in [3.8, 4) is 11.5 Å². The van der Waals surface area contributed by atoms with E-state index in [2.05, 4.69) is 0 Å². The Hall–Kier alpha value is -1.93. The highest BCUT2D eigenvalue weighted by atomic mass is 32.2. The van der Waals surface area contributed by atoms with E-state index in [1.54, 1.807) is 24.3 Å². The van der Waals surface area contributed by atoms with E-state index in [9.17, 15) is 9.59 Å². The zero-order chi connectivity index (χ0) is 20.9. The predicted octanol–water partition coefficient (Wildman–Crippen LogP) is 4.06. The lowest BCUT2D eigenvalue weighted by Gasteiger charge is -2.34. The molecule has 7 nitrogen and oxygen atoms in total. The number of rotatable bonds is 8. The summed E-state index contributed by atoms with van der Waals surface area (Å²) >= 11 is 1.22. The molecule has 1 aliphatic heterocycles. The Morgan fingerprint density at radius 2 is 2.04 bits per heavy atom. The molecular formula is C20H30N2O5S. The van der Waals surface area contributed by atoms with Crippen LogP contribution in [0.4, 0.5) is 4.79 Å². The Morgan fingerprint density at radius 3 is 2.64 bits per heavy atom. The molecule has 1 aromatic rings. The Balaban J connectivity index is 2.12. The number of para-hydroxylation sites is 1. The highest BCUT2D eigenvalue weighted by Gasteiger charge is 2.34. The van der Waals surface area contributed by atoms with Gasteiger partial charge in [-0.2, -0.15) is 4.41 Å². The van der Waals surface area contributed by atoms with Crippen molar-refractivity contribution in [2.45, 2.75) is 59.1 Å². The van der Waals surface area contributed by atoms with Gasteiger partial charge in [-0.1, -0.05) is 12.1 Å². The van der Waals surface area contributed by atoms with Crippen LogP contribution in [-0.4, -0.2) is 52.5 Å². The van der Waals surface area contributed by atoms with E-state index in [4.69, 9.17) is 14.2 Å². The summed E-state index contributed by atoms with van der Waals surface area (Å²) in [5, 5.41) is 1.79. The van der Waals surface area contributed by atoms with Crippen LogP contribution in [0, 0.1) is 0 Å². The van der Waals surface area contributed by atoms with Gasteiger partial charge >= 0.3 is 12.1 Å². The highest BCUT2D eigenvalue weighted by molar-refractivity contribution is 7.96. The van der Waals surface area contributed by atoms with Gasteiger partial charge in [-0.3, -0.25) is 4.79 Å².